The van der Waals surface area contributed by atoms with Crippen molar-refractivity contribution in [1.29, 1.82) is 0 Å². The summed E-state index contributed by atoms with van der Waals surface area (Å²) in [5, 5.41) is 9.78. The van der Waals surface area contributed by atoms with Crippen LogP contribution in [0.4, 0.5) is 13.2 Å². The van der Waals surface area contributed by atoms with E-state index in [1.54, 1.807) is 12.1 Å². The first kappa shape index (κ1) is 16.7. The standard InChI is InChI=1S/C17H22F3NO2/c18-17(19,20)7-13-2-1-3-14(6-13)8-21-9-15-4-5-23-12-16(15,10-21)11-22/h1-3,6,15,22H,4-5,7-12H2/t15-,16+/m0/s1. The molecular weight excluding hydrogens is 307 g/mol. The Balaban J connectivity index is 1.67. The van der Waals surface area contributed by atoms with E-state index < -0.39 is 12.6 Å². The van der Waals surface area contributed by atoms with Crippen LogP contribution in [0.3, 0.4) is 0 Å². The van der Waals surface area contributed by atoms with Crippen molar-refractivity contribution in [2.75, 3.05) is 32.9 Å². The van der Waals surface area contributed by atoms with Gasteiger partial charge in [-0.1, -0.05) is 24.3 Å². The largest absolute Gasteiger partial charge is 0.396 e. The first-order valence-corrected chi connectivity index (χ1v) is 7.96. The molecule has 0 saturated carbocycles. The van der Waals surface area contributed by atoms with Gasteiger partial charge in [-0.2, -0.15) is 13.2 Å². The van der Waals surface area contributed by atoms with E-state index in [-0.39, 0.29) is 12.0 Å². The molecule has 1 aromatic rings. The molecule has 2 heterocycles. The third-order valence-electron chi connectivity index (χ3n) is 5.00. The Morgan fingerprint density at radius 2 is 2.09 bits per heavy atom. The molecule has 0 bridgehead atoms. The van der Waals surface area contributed by atoms with E-state index in [4.69, 9.17) is 4.74 Å². The second kappa shape index (κ2) is 6.42. The Bertz CT molecular complexity index is 549. The van der Waals surface area contributed by atoms with Crippen molar-refractivity contribution in [2.45, 2.75) is 25.6 Å². The molecule has 0 unspecified atom stereocenters. The SMILES string of the molecule is OC[C@]12COCC[C@H]1CN(Cc1cccc(CC(F)(F)F)c1)C2. The molecule has 0 radical (unpaired) electrons. The number of nitrogens with zero attached hydrogens (tertiary/aromatic N) is 1. The van der Waals surface area contributed by atoms with Gasteiger partial charge in [0, 0.05) is 31.7 Å². The molecule has 3 rings (SSSR count). The zero-order valence-electron chi connectivity index (χ0n) is 13.0. The van der Waals surface area contributed by atoms with Crippen LogP contribution < -0.4 is 0 Å². The van der Waals surface area contributed by atoms with Crippen LogP contribution in [0.5, 0.6) is 0 Å². The summed E-state index contributed by atoms with van der Waals surface area (Å²) in [6, 6.07) is 6.70. The molecule has 2 fully saturated rings. The van der Waals surface area contributed by atoms with Gasteiger partial charge in [0.25, 0.3) is 0 Å². The minimum atomic E-state index is -4.18. The van der Waals surface area contributed by atoms with E-state index in [0.717, 1.165) is 31.7 Å². The van der Waals surface area contributed by atoms with Crippen molar-refractivity contribution in [3.05, 3.63) is 35.4 Å². The molecular formula is C17H22F3NO2. The number of halogens is 3. The summed E-state index contributed by atoms with van der Waals surface area (Å²) in [5.41, 5.74) is 0.980. The van der Waals surface area contributed by atoms with Crippen LogP contribution in [0.25, 0.3) is 0 Å². The molecule has 0 aromatic heterocycles. The van der Waals surface area contributed by atoms with Crippen LogP contribution in [0.15, 0.2) is 24.3 Å². The maximum Gasteiger partial charge on any atom is 0.393 e. The highest BCUT2D eigenvalue weighted by Crippen LogP contribution is 2.41. The van der Waals surface area contributed by atoms with Crippen molar-refractivity contribution in [3.8, 4) is 0 Å². The molecule has 0 aliphatic carbocycles. The highest BCUT2D eigenvalue weighted by molar-refractivity contribution is 5.24. The number of rotatable bonds is 4. The van der Waals surface area contributed by atoms with Gasteiger partial charge in [0.2, 0.25) is 0 Å². The van der Waals surface area contributed by atoms with E-state index in [0.29, 0.717) is 24.6 Å². The number of aliphatic hydroxyl groups excluding tert-OH is 1. The monoisotopic (exact) mass is 329 g/mol. The fourth-order valence-electron chi connectivity index (χ4n) is 3.88. The van der Waals surface area contributed by atoms with Crippen molar-refractivity contribution in [1.82, 2.24) is 4.90 Å². The number of fused-ring (bicyclic) bond motifs is 1. The number of hydrogen-bond acceptors (Lipinski definition) is 3. The van der Waals surface area contributed by atoms with Crippen molar-refractivity contribution in [2.24, 2.45) is 11.3 Å². The summed E-state index contributed by atoms with van der Waals surface area (Å²) in [7, 11) is 0. The first-order chi connectivity index (χ1) is 10.9. The van der Waals surface area contributed by atoms with Crippen molar-refractivity contribution < 1.29 is 23.0 Å². The van der Waals surface area contributed by atoms with Gasteiger partial charge >= 0.3 is 6.18 Å². The molecule has 2 aliphatic heterocycles. The molecule has 1 aromatic carbocycles. The highest BCUT2D eigenvalue weighted by atomic mass is 19.4. The maximum absolute atomic E-state index is 12.5. The fraction of sp³-hybridized carbons (Fsp3) is 0.647. The lowest BCUT2D eigenvalue weighted by atomic mass is 9.76. The molecule has 23 heavy (non-hydrogen) atoms. The molecule has 2 atom stereocenters. The zero-order chi connectivity index (χ0) is 16.5. The molecule has 3 nitrogen and oxygen atoms in total. The van der Waals surface area contributed by atoms with Gasteiger partial charge < -0.3 is 9.84 Å². The number of alkyl halides is 3. The number of ether oxygens (including phenoxy) is 1. The topological polar surface area (TPSA) is 32.7 Å². The average molecular weight is 329 g/mol. The molecule has 0 spiro atoms. The molecule has 6 heteroatoms. The maximum atomic E-state index is 12.5. The molecule has 1 N–H and O–H groups in total. The van der Waals surface area contributed by atoms with E-state index in [1.165, 1.54) is 6.07 Å². The van der Waals surface area contributed by atoms with Gasteiger partial charge in [0.1, 0.15) is 0 Å². The molecule has 0 amide bonds. The number of benzene rings is 1. The summed E-state index contributed by atoms with van der Waals surface area (Å²) < 4.78 is 43.1. The van der Waals surface area contributed by atoms with Crippen LogP contribution in [0.2, 0.25) is 0 Å². The lowest BCUT2D eigenvalue weighted by Gasteiger charge is -2.36. The minimum absolute atomic E-state index is 0.0995. The normalized spacial score (nSPS) is 28.8. The van der Waals surface area contributed by atoms with E-state index in [2.05, 4.69) is 4.90 Å². The second-order valence-electron chi connectivity index (χ2n) is 6.84. The molecule has 128 valence electrons. The van der Waals surface area contributed by atoms with Gasteiger partial charge in [-0.25, -0.2) is 0 Å². The Hall–Kier alpha value is -1.11. The minimum Gasteiger partial charge on any atom is -0.396 e. The van der Waals surface area contributed by atoms with Crippen LogP contribution in [0, 0.1) is 11.3 Å². The number of likely N-dealkylation sites (tertiary alicyclic amines) is 1. The van der Waals surface area contributed by atoms with Crippen LogP contribution in [0.1, 0.15) is 17.5 Å². The summed E-state index contributed by atoms with van der Waals surface area (Å²) in [6.07, 6.45) is -4.14. The highest BCUT2D eigenvalue weighted by Gasteiger charge is 2.47. The van der Waals surface area contributed by atoms with Crippen LogP contribution in [-0.2, 0) is 17.7 Å². The third kappa shape index (κ3) is 3.87. The third-order valence-corrected chi connectivity index (χ3v) is 5.00. The fourth-order valence-corrected chi connectivity index (χ4v) is 3.88. The van der Waals surface area contributed by atoms with Crippen LogP contribution in [-0.4, -0.2) is 49.1 Å². The Morgan fingerprint density at radius 1 is 1.30 bits per heavy atom. The summed E-state index contributed by atoms with van der Waals surface area (Å²) >= 11 is 0. The van der Waals surface area contributed by atoms with E-state index in [1.807, 2.05) is 6.07 Å². The van der Waals surface area contributed by atoms with E-state index in [9.17, 15) is 18.3 Å². The van der Waals surface area contributed by atoms with Gasteiger partial charge in [-0.15, -0.1) is 0 Å². The Labute approximate surface area is 134 Å². The van der Waals surface area contributed by atoms with Gasteiger partial charge in [-0.3, -0.25) is 4.90 Å². The molecule has 2 aliphatic rings. The smallest absolute Gasteiger partial charge is 0.393 e. The average Bonchev–Trinajstić information content (AvgIpc) is 2.84. The van der Waals surface area contributed by atoms with Gasteiger partial charge in [0.15, 0.2) is 0 Å². The number of aliphatic hydroxyl groups is 1. The van der Waals surface area contributed by atoms with Gasteiger partial charge in [0.05, 0.1) is 19.6 Å². The zero-order valence-corrected chi connectivity index (χ0v) is 13.0. The van der Waals surface area contributed by atoms with Gasteiger partial charge in [-0.05, 0) is 23.5 Å². The Morgan fingerprint density at radius 3 is 2.78 bits per heavy atom. The van der Waals surface area contributed by atoms with Crippen molar-refractivity contribution in [3.63, 3.8) is 0 Å². The van der Waals surface area contributed by atoms with E-state index >= 15 is 0 Å². The summed E-state index contributed by atoms with van der Waals surface area (Å²) in [6.45, 7) is 3.61. The second-order valence-corrected chi connectivity index (χ2v) is 6.84. The number of hydrogen-bond donors (Lipinski definition) is 1. The lowest BCUT2D eigenvalue weighted by Crippen LogP contribution is -2.42. The van der Waals surface area contributed by atoms with Crippen molar-refractivity contribution >= 4 is 0 Å². The predicted octanol–water partition coefficient (Wildman–Crippen LogP) is 2.62. The lowest BCUT2D eigenvalue weighted by molar-refractivity contribution is -0.127. The summed E-state index contributed by atoms with van der Waals surface area (Å²) in [4.78, 5) is 2.22. The predicted molar refractivity (Wildman–Crippen MR) is 79.9 cm³/mol. The molecule has 2 saturated heterocycles. The quantitative estimate of drug-likeness (QED) is 0.922. The van der Waals surface area contributed by atoms with Crippen LogP contribution >= 0.6 is 0 Å². The summed E-state index contributed by atoms with van der Waals surface area (Å²) in [5.74, 6) is 0.402. The first-order valence-electron chi connectivity index (χ1n) is 7.96. The Kier molecular flexibility index (Phi) is 4.67.